The molecule has 0 aromatic rings. The van der Waals surface area contributed by atoms with Crippen molar-refractivity contribution in [3.05, 3.63) is 0 Å². The summed E-state index contributed by atoms with van der Waals surface area (Å²) in [5.41, 5.74) is 5.26. The number of nitrogens with two attached hydrogens (primary N) is 1. The number of amides is 1. The van der Waals surface area contributed by atoms with Crippen molar-refractivity contribution in [3.8, 4) is 0 Å². The highest BCUT2D eigenvalue weighted by molar-refractivity contribution is 8.14. The van der Waals surface area contributed by atoms with Crippen molar-refractivity contribution in [2.24, 2.45) is 11.7 Å². The van der Waals surface area contributed by atoms with Gasteiger partial charge in [-0.1, -0.05) is 11.8 Å². The molecule has 0 spiro atoms. The van der Waals surface area contributed by atoms with E-state index in [9.17, 15) is 9.59 Å². The quantitative estimate of drug-likeness (QED) is 0.749. The average Bonchev–Trinajstić information content (AvgIpc) is 2.15. The molecule has 0 aromatic heterocycles. The summed E-state index contributed by atoms with van der Waals surface area (Å²) in [6.45, 7) is 2.78. The van der Waals surface area contributed by atoms with E-state index in [4.69, 9.17) is 10.5 Å². The summed E-state index contributed by atoms with van der Waals surface area (Å²) in [5, 5.41) is -0.434. The van der Waals surface area contributed by atoms with Crippen LogP contribution >= 0.6 is 11.8 Å². The van der Waals surface area contributed by atoms with Crippen LogP contribution in [0.1, 0.15) is 19.8 Å². The van der Waals surface area contributed by atoms with E-state index in [1.54, 1.807) is 0 Å². The van der Waals surface area contributed by atoms with E-state index in [0.29, 0.717) is 13.2 Å². The molecule has 1 aliphatic rings. The molecule has 1 aliphatic heterocycles. The zero-order chi connectivity index (χ0) is 10.6. The maximum atomic E-state index is 11.1. The number of rotatable bonds is 3. The van der Waals surface area contributed by atoms with Gasteiger partial charge in [0.15, 0.2) is 5.12 Å². The molecule has 1 amide bonds. The third-order valence-corrected chi connectivity index (χ3v) is 3.47. The first kappa shape index (κ1) is 11.5. The predicted octanol–water partition coefficient (Wildman–Crippen LogP) is 0.547. The average molecular weight is 217 g/mol. The lowest BCUT2D eigenvalue weighted by atomic mass is 9.96. The Morgan fingerprint density at radius 3 is 2.43 bits per heavy atom. The van der Waals surface area contributed by atoms with Gasteiger partial charge < -0.3 is 10.5 Å². The fourth-order valence-corrected chi connectivity index (χ4v) is 2.52. The van der Waals surface area contributed by atoms with Crippen molar-refractivity contribution >= 4 is 22.8 Å². The number of hydrogen-bond donors (Lipinski definition) is 1. The topological polar surface area (TPSA) is 69.4 Å². The van der Waals surface area contributed by atoms with E-state index >= 15 is 0 Å². The number of thioether (sulfide) groups is 1. The molecule has 1 rings (SSSR count). The molecule has 0 unspecified atom stereocenters. The summed E-state index contributed by atoms with van der Waals surface area (Å²) in [4.78, 5) is 22.1. The fraction of sp³-hybridized carbons (Fsp3) is 0.778. The maximum Gasteiger partial charge on any atom is 0.231 e. The molecule has 1 fully saturated rings. The molecule has 80 valence electrons. The van der Waals surface area contributed by atoms with Gasteiger partial charge in [-0.2, -0.15) is 0 Å². The number of carbonyl (C=O) groups is 2. The molecule has 0 radical (unpaired) electrons. The van der Waals surface area contributed by atoms with Crippen LogP contribution in [0.3, 0.4) is 0 Å². The van der Waals surface area contributed by atoms with Crippen LogP contribution in [0, 0.1) is 5.92 Å². The van der Waals surface area contributed by atoms with Gasteiger partial charge >= 0.3 is 0 Å². The molecule has 0 aliphatic carbocycles. The van der Waals surface area contributed by atoms with Gasteiger partial charge in [-0.05, 0) is 18.8 Å². The Hall–Kier alpha value is -0.550. The standard InChI is InChI=1S/C9H15NO3S/c1-6(11)14-8(9(10)12)7-2-4-13-5-3-7/h7-8H,2-5H2,1H3,(H2,10,12)/t8-/m0/s1. The molecule has 4 nitrogen and oxygen atoms in total. The molecular formula is C9H15NO3S. The van der Waals surface area contributed by atoms with E-state index in [-0.39, 0.29) is 16.3 Å². The minimum Gasteiger partial charge on any atom is -0.381 e. The third-order valence-electron chi connectivity index (χ3n) is 2.27. The summed E-state index contributed by atoms with van der Waals surface area (Å²) in [5.74, 6) is -0.202. The van der Waals surface area contributed by atoms with Crippen molar-refractivity contribution in [1.29, 1.82) is 0 Å². The van der Waals surface area contributed by atoms with Crippen LogP contribution in [0.2, 0.25) is 0 Å². The first-order chi connectivity index (χ1) is 6.61. The summed E-state index contributed by atoms with van der Waals surface area (Å²) >= 11 is 1.05. The molecule has 2 N–H and O–H groups in total. The Labute approximate surface area is 87.6 Å². The summed E-state index contributed by atoms with van der Waals surface area (Å²) in [6.07, 6.45) is 1.63. The van der Waals surface area contributed by atoms with Gasteiger partial charge in [-0.15, -0.1) is 0 Å². The van der Waals surface area contributed by atoms with Gasteiger partial charge in [0.05, 0.1) is 5.25 Å². The Bertz CT molecular complexity index is 226. The molecule has 1 heterocycles. The second-order valence-corrected chi connectivity index (χ2v) is 4.70. The lowest BCUT2D eigenvalue weighted by Gasteiger charge is -2.26. The van der Waals surface area contributed by atoms with Gasteiger partial charge in [0.1, 0.15) is 0 Å². The summed E-state index contributed by atoms with van der Waals surface area (Å²) in [7, 11) is 0. The van der Waals surface area contributed by atoms with Crippen LogP contribution < -0.4 is 5.73 Å². The van der Waals surface area contributed by atoms with Crippen LogP contribution in [-0.4, -0.2) is 29.5 Å². The first-order valence-electron chi connectivity index (χ1n) is 4.65. The van der Waals surface area contributed by atoms with Crippen molar-refractivity contribution in [2.75, 3.05) is 13.2 Å². The van der Waals surface area contributed by atoms with Crippen molar-refractivity contribution < 1.29 is 14.3 Å². The highest BCUT2D eigenvalue weighted by Gasteiger charge is 2.29. The summed E-state index contributed by atoms with van der Waals surface area (Å²) < 4.78 is 5.19. The monoisotopic (exact) mass is 217 g/mol. The van der Waals surface area contributed by atoms with Gasteiger partial charge in [-0.3, -0.25) is 9.59 Å². The lowest BCUT2D eigenvalue weighted by molar-refractivity contribution is -0.119. The van der Waals surface area contributed by atoms with Crippen LogP contribution in [-0.2, 0) is 14.3 Å². The minimum absolute atomic E-state index is 0.0553. The van der Waals surface area contributed by atoms with Gasteiger partial charge in [0.2, 0.25) is 5.91 Å². The van der Waals surface area contributed by atoms with Gasteiger partial charge in [-0.25, -0.2) is 0 Å². The second kappa shape index (κ2) is 5.36. The number of hydrogen-bond acceptors (Lipinski definition) is 4. The SMILES string of the molecule is CC(=O)S[C@H](C(N)=O)C1CCOCC1. The smallest absolute Gasteiger partial charge is 0.231 e. The molecule has 0 aromatic carbocycles. The Morgan fingerprint density at radius 2 is 2.00 bits per heavy atom. The highest BCUT2D eigenvalue weighted by Crippen LogP contribution is 2.28. The second-order valence-electron chi connectivity index (χ2n) is 3.38. The predicted molar refractivity (Wildman–Crippen MR) is 54.8 cm³/mol. The van der Waals surface area contributed by atoms with Crippen LogP contribution in [0.4, 0.5) is 0 Å². The largest absolute Gasteiger partial charge is 0.381 e. The zero-order valence-electron chi connectivity index (χ0n) is 8.19. The van der Waals surface area contributed by atoms with Crippen LogP contribution in [0.25, 0.3) is 0 Å². The van der Waals surface area contributed by atoms with Gasteiger partial charge in [0.25, 0.3) is 0 Å². The number of carbonyl (C=O) groups excluding carboxylic acids is 2. The number of primary amides is 1. The van der Waals surface area contributed by atoms with E-state index < -0.39 is 5.91 Å². The van der Waals surface area contributed by atoms with Crippen LogP contribution in [0.5, 0.6) is 0 Å². The molecule has 0 saturated carbocycles. The molecule has 14 heavy (non-hydrogen) atoms. The van der Waals surface area contributed by atoms with Crippen LogP contribution in [0.15, 0.2) is 0 Å². The van der Waals surface area contributed by atoms with Crippen molar-refractivity contribution in [1.82, 2.24) is 0 Å². The zero-order valence-corrected chi connectivity index (χ0v) is 9.01. The molecule has 0 bridgehead atoms. The third kappa shape index (κ3) is 3.31. The van der Waals surface area contributed by atoms with E-state index in [1.807, 2.05) is 0 Å². The van der Waals surface area contributed by atoms with Gasteiger partial charge in [0, 0.05) is 20.1 Å². The molecule has 1 atom stereocenters. The van der Waals surface area contributed by atoms with E-state index in [1.165, 1.54) is 6.92 Å². The highest BCUT2D eigenvalue weighted by atomic mass is 32.2. The van der Waals surface area contributed by atoms with E-state index in [2.05, 4.69) is 0 Å². The first-order valence-corrected chi connectivity index (χ1v) is 5.53. The normalized spacial score (nSPS) is 20.4. The molecular weight excluding hydrogens is 202 g/mol. The summed E-state index contributed by atoms with van der Waals surface area (Å²) in [6, 6.07) is 0. The minimum atomic E-state index is -0.392. The Morgan fingerprint density at radius 1 is 1.43 bits per heavy atom. The molecule has 5 heteroatoms. The van der Waals surface area contributed by atoms with E-state index in [0.717, 1.165) is 24.6 Å². The van der Waals surface area contributed by atoms with Crippen molar-refractivity contribution in [2.45, 2.75) is 25.0 Å². The van der Waals surface area contributed by atoms with Crippen molar-refractivity contribution in [3.63, 3.8) is 0 Å². The maximum absolute atomic E-state index is 11.1. The Kier molecular flexibility index (Phi) is 4.41. The number of ether oxygens (including phenoxy) is 1. The fourth-order valence-electron chi connectivity index (χ4n) is 1.58. The molecule has 1 saturated heterocycles. The lowest BCUT2D eigenvalue weighted by Crippen LogP contribution is -2.36. The Balaban J connectivity index is 2.56.